The molecule has 0 aliphatic rings. The van der Waals surface area contributed by atoms with Crippen molar-refractivity contribution >= 4 is 29.1 Å². The minimum absolute atomic E-state index is 0.167. The number of hydrogen-bond acceptors (Lipinski definition) is 2. The van der Waals surface area contributed by atoms with Crippen molar-refractivity contribution in [3.63, 3.8) is 0 Å². The van der Waals surface area contributed by atoms with E-state index in [-0.39, 0.29) is 5.91 Å². The predicted molar refractivity (Wildman–Crippen MR) is 99.9 cm³/mol. The van der Waals surface area contributed by atoms with E-state index in [0.717, 1.165) is 17.1 Å². The van der Waals surface area contributed by atoms with E-state index in [0.29, 0.717) is 28.7 Å². The molecule has 5 heteroatoms. The van der Waals surface area contributed by atoms with E-state index in [1.807, 2.05) is 49.4 Å². The zero-order valence-electron chi connectivity index (χ0n) is 13.7. The lowest BCUT2D eigenvalue weighted by atomic mass is 10.1. The highest BCUT2D eigenvalue weighted by Crippen LogP contribution is 2.24. The molecule has 0 aliphatic heterocycles. The van der Waals surface area contributed by atoms with Crippen LogP contribution in [0.15, 0.2) is 65.1 Å². The molecule has 3 nitrogen and oxygen atoms in total. The van der Waals surface area contributed by atoms with E-state index < -0.39 is 0 Å². The van der Waals surface area contributed by atoms with Crippen LogP contribution in [-0.2, 0) is 13.1 Å². The molecule has 0 radical (unpaired) electrons. The summed E-state index contributed by atoms with van der Waals surface area (Å²) in [6.07, 6.45) is 0. The zero-order chi connectivity index (χ0) is 17.8. The molecule has 1 aromatic heterocycles. The number of carbonyl (C=O) groups excluding carboxylic acids is 1. The molecule has 0 unspecified atom stereocenters. The molecule has 0 bridgehead atoms. The molecule has 0 saturated heterocycles. The molecule has 1 heterocycles. The first-order valence-corrected chi connectivity index (χ1v) is 8.62. The number of amides is 1. The number of nitrogens with zero attached hydrogens (tertiary/aromatic N) is 1. The molecule has 3 aromatic rings. The molecular formula is C20H17Cl2NO2. The first kappa shape index (κ1) is 17.6. The van der Waals surface area contributed by atoms with Gasteiger partial charge in [-0.15, -0.1) is 0 Å². The summed E-state index contributed by atoms with van der Waals surface area (Å²) < 4.78 is 5.64. The Balaban J connectivity index is 1.90. The minimum atomic E-state index is -0.167. The third kappa shape index (κ3) is 4.44. The van der Waals surface area contributed by atoms with Gasteiger partial charge in [0.2, 0.25) is 0 Å². The van der Waals surface area contributed by atoms with Crippen LogP contribution in [0.1, 0.15) is 27.4 Å². The van der Waals surface area contributed by atoms with Gasteiger partial charge in [-0.3, -0.25) is 4.79 Å². The van der Waals surface area contributed by atoms with Crippen molar-refractivity contribution < 1.29 is 9.21 Å². The van der Waals surface area contributed by atoms with Crippen molar-refractivity contribution in [1.82, 2.24) is 4.90 Å². The molecule has 0 saturated carbocycles. The Labute approximate surface area is 156 Å². The van der Waals surface area contributed by atoms with Crippen molar-refractivity contribution in [2.75, 3.05) is 0 Å². The molecule has 0 N–H and O–H groups in total. The molecule has 3 rings (SSSR count). The monoisotopic (exact) mass is 373 g/mol. The van der Waals surface area contributed by atoms with Gasteiger partial charge in [0, 0.05) is 11.6 Å². The van der Waals surface area contributed by atoms with Gasteiger partial charge in [-0.2, -0.15) is 0 Å². The Bertz CT molecular complexity index is 874. The van der Waals surface area contributed by atoms with Crippen LogP contribution < -0.4 is 0 Å². The second-order valence-corrected chi connectivity index (χ2v) is 6.63. The van der Waals surface area contributed by atoms with E-state index in [2.05, 4.69) is 0 Å². The smallest absolute Gasteiger partial charge is 0.256 e. The van der Waals surface area contributed by atoms with Gasteiger partial charge >= 0.3 is 0 Å². The lowest BCUT2D eigenvalue weighted by Gasteiger charge is -2.22. The Morgan fingerprint density at radius 2 is 1.76 bits per heavy atom. The summed E-state index contributed by atoms with van der Waals surface area (Å²) in [5, 5.41) is 0.837. The van der Waals surface area contributed by atoms with Crippen LogP contribution in [0.5, 0.6) is 0 Å². The van der Waals surface area contributed by atoms with Gasteiger partial charge < -0.3 is 9.32 Å². The van der Waals surface area contributed by atoms with Gasteiger partial charge in [0.15, 0.2) is 0 Å². The molecule has 0 spiro atoms. The molecule has 0 aliphatic carbocycles. The molecule has 128 valence electrons. The summed E-state index contributed by atoms with van der Waals surface area (Å²) in [7, 11) is 0. The fraction of sp³-hybridized carbons (Fsp3) is 0.150. The maximum absolute atomic E-state index is 13.0. The maximum Gasteiger partial charge on any atom is 0.256 e. The van der Waals surface area contributed by atoms with Crippen molar-refractivity contribution in [3.05, 3.63) is 93.4 Å². The lowest BCUT2D eigenvalue weighted by molar-refractivity contribution is 0.0717. The van der Waals surface area contributed by atoms with Crippen LogP contribution in [0.2, 0.25) is 10.0 Å². The standard InChI is InChI=1S/C20H17Cl2NO2/c1-14-7-9-17(25-14)13-23(12-15-5-3-2-4-6-15)20(24)18-10-8-16(21)11-19(18)22/h2-11H,12-13H2,1H3. The highest BCUT2D eigenvalue weighted by Gasteiger charge is 2.20. The summed E-state index contributed by atoms with van der Waals surface area (Å²) >= 11 is 12.2. The first-order chi connectivity index (χ1) is 12.0. The normalized spacial score (nSPS) is 10.7. The van der Waals surface area contributed by atoms with Gasteiger partial charge in [-0.1, -0.05) is 53.5 Å². The second kappa shape index (κ2) is 7.77. The number of halogens is 2. The van der Waals surface area contributed by atoms with Crippen molar-refractivity contribution in [3.8, 4) is 0 Å². The Morgan fingerprint density at radius 1 is 1.00 bits per heavy atom. The number of benzene rings is 2. The van der Waals surface area contributed by atoms with Crippen LogP contribution in [0, 0.1) is 6.92 Å². The van der Waals surface area contributed by atoms with Crippen molar-refractivity contribution in [2.24, 2.45) is 0 Å². The number of carbonyl (C=O) groups is 1. The van der Waals surface area contributed by atoms with Gasteiger partial charge in [0.25, 0.3) is 5.91 Å². The van der Waals surface area contributed by atoms with Gasteiger partial charge in [-0.25, -0.2) is 0 Å². The van der Waals surface area contributed by atoms with E-state index in [1.54, 1.807) is 23.1 Å². The van der Waals surface area contributed by atoms with Crippen LogP contribution >= 0.6 is 23.2 Å². The van der Waals surface area contributed by atoms with E-state index in [9.17, 15) is 4.79 Å². The van der Waals surface area contributed by atoms with Gasteiger partial charge in [-0.05, 0) is 42.8 Å². The van der Waals surface area contributed by atoms with Gasteiger partial charge in [0.1, 0.15) is 11.5 Å². The minimum Gasteiger partial charge on any atom is -0.464 e. The van der Waals surface area contributed by atoms with Crippen LogP contribution in [-0.4, -0.2) is 10.8 Å². The molecule has 2 aromatic carbocycles. The first-order valence-electron chi connectivity index (χ1n) is 7.86. The quantitative estimate of drug-likeness (QED) is 0.571. The average Bonchev–Trinajstić information content (AvgIpc) is 3.00. The SMILES string of the molecule is Cc1ccc(CN(Cc2ccccc2)C(=O)c2ccc(Cl)cc2Cl)o1. The molecule has 0 fully saturated rings. The Kier molecular flexibility index (Phi) is 5.47. The molecule has 25 heavy (non-hydrogen) atoms. The lowest BCUT2D eigenvalue weighted by Crippen LogP contribution is -2.30. The maximum atomic E-state index is 13.0. The fourth-order valence-electron chi connectivity index (χ4n) is 2.59. The summed E-state index contributed by atoms with van der Waals surface area (Å²) in [5.74, 6) is 1.37. The van der Waals surface area contributed by atoms with E-state index >= 15 is 0 Å². The van der Waals surface area contributed by atoms with Crippen LogP contribution in [0.4, 0.5) is 0 Å². The molecule has 1 amide bonds. The number of hydrogen-bond donors (Lipinski definition) is 0. The largest absolute Gasteiger partial charge is 0.464 e. The van der Waals surface area contributed by atoms with Crippen LogP contribution in [0.3, 0.4) is 0 Å². The number of aryl methyl sites for hydroxylation is 1. The average molecular weight is 374 g/mol. The number of rotatable bonds is 5. The van der Waals surface area contributed by atoms with E-state index in [1.165, 1.54) is 0 Å². The summed E-state index contributed by atoms with van der Waals surface area (Å²) in [4.78, 5) is 14.8. The second-order valence-electron chi connectivity index (χ2n) is 5.78. The number of furan rings is 1. The zero-order valence-corrected chi connectivity index (χ0v) is 15.2. The fourth-order valence-corrected chi connectivity index (χ4v) is 3.08. The predicted octanol–water partition coefficient (Wildman–Crippen LogP) is 5.74. The summed E-state index contributed by atoms with van der Waals surface area (Å²) in [6, 6.07) is 18.5. The van der Waals surface area contributed by atoms with Crippen LogP contribution in [0.25, 0.3) is 0 Å². The van der Waals surface area contributed by atoms with Crippen molar-refractivity contribution in [2.45, 2.75) is 20.0 Å². The summed E-state index contributed by atoms with van der Waals surface area (Å²) in [5.41, 5.74) is 1.45. The van der Waals surface area contributed by atoms with E-state index in [4.69, 9.17) is 27.6 Å². The molecular weight excluding hydrogens is 357 g/mol. The summed E-state index contributed by atoms with van der Waals surface area (Å²) in [6.45, 7) is 2.70. The molecule has 0 atom stereocenters. The third-order valence-electron chi connectivity index (χ3n) is 3.81. The van der Waals surface area contributed by atoms with Crippen molar-refractivity contribution in [1.29, 1.82) is 0 Å². The topological polar surface area (TPSA) is 33.5 Å². The Morgan fingerprint density at radius 3 is 2.40 bits per heavy atom. The van der Waals surface area contributed by atoms with Gasteiger partial charge in [0.05, 0.1) is 17.1 Å². The highest BCUT2D eigenvalue weighted by atomic mass is 35.5. The Hall–Kier alpha value is -2.23. The highest BCUT2D eigenvalue weighted by molar-refractivity contribution is 6.36. The third-order valence-corrected chi connectivity index (χ3v) is 4.36.